The molecule has 1 saturated carbocycles. The maximum Gasteiger partial charge on any atom is 0.325 e. The van der Waals surface area contributed by atoms with E-state index in [1.807, 2.05) is 0 Å². The summed E-state index contributed by atoms with van der Waals surface area (Å²) in [7, 11) is 0. The van der Waals surface area contributed by atoms with Crippen molar-refractivity contribution < 1.29 is 14.0 Å². The molecule has 1 N–H and O–H groups in total. The van der Waals surface area contributed by atoms with E-state index in [1.165, 1.54) is 23.1 Å². The molecule has 1 aromatic rings. The molecule has 6 heteroatoms. The van der Waals surface area contributed by atoms with Crippen LogP contribution in [-0.4, -0.2) is 22.4 Å². The van der Waals surface area contributed by atoms with Crippen molar-refractivity contribution >= 4 is 23.5 Å². The van der Waals surface area contributed by atoms with Crippen LogP contribution in [0.5, 0.6) is 0 Å². The number of hydrogen-bond donors (Lipinski definition) is 1. The Morgan fingerprint density at radius 2 is 2.00 bits per heavy atom. The summed E-state index contributed by atoms with van der Waals surface area (Å²) in [6, 6.07) is 3.78. The molecule has 1 aliphatic heterocycles. The van der Waals surface area contributed by atoms with Crippen molar-refractivity contribution in [2.24, 2.45) is 0 Å². The number of rotatable bonds is 2. The fraction of sp³-hybridized carbons (Fsp3) is 0.429. The summed E-state index contributed by atoms with van der Waals surface area (Å²) in [6.45, 7) is 0.0595. The molecule has 3 amide bonds. The fourth-order valence-corrected chi connectivity index (χ4v) is 3.31. The van der Waals surface area contributed by atoms with Gasteiger partial charge in [0.25, 0.3) is 5.91 Å². The number of nitrogens with one attached hydrogen (secondary N) is 1. The van der Waals surface area contributed by atoms with E-state index in [1.54, 1.807) is 0 Å². The fourth-order valence-electron chi connectivity index (χ4n) is 3.11. The van der Waals surface area contributed by atoms with Crippen molar-refractivity contribution in [3.05, 3.63) is 34.6 Å². The summed E-state index contributed by atoms with van der Waals surface area (Å²) in [6.07, 6.45) is 3.06. The van der Waals surface area contributed by atoms with Gasteiger partial charge in [0.15, 0.2) is 0 Å². The van der Waals surface area contributed by atoms with Crippen molar-refractivity contribution in [3.63, 3.8) is 0 Å². The van der Waals surface area contributed by atoms with Crippen molar-refractivity contribution in [3.8, 4) is 0 Å². The second kappa shape index (κ2) is 4.74. The Bertz CT molecular complexity index is 585. The minimum absolute atomic E-state index is 0.0595. The molecule has 0 atom stereocenters. The van der Waals surface area contributed by atoms with Gasteiger partial charge in [-0.25, -0.2) is 9.18 Å². The lowest BCUT2D eigenvalue weighted by atomic mass is 9.95. The summed E-state index contributed by atoms with van der Waals surface area (Å²) < 4.78 is 13.8. The molecule has 3 rings (SSSR count). The van der Waals surface area contributed by atoms with Crippen LogP contribution in [0.2, 0.25) is 5.02 Å². The minimum atomic E-state index is -0.800. The third-order valence-corrected chi connectivity index (χ3v) is 4.41. The summed E-state index contributed by atoms with van der Waals surface area (Å²) in [5.41, 5.74) is -0.472. The van der Waals surface area contributed by atoms with Crippen LogP contribution in [0.15, 0.2) is 18.2 Å². The van der Waals surface area contributed by atoms with Crippen LogP contribution in [0, 0.1) is 5.82 Å². The average Bonchev–Trinajstić information content (AvgIpc) is 2.97. The molecule has 20 heavy (non-hydrogen) atoms. The molecule has 0 bridgehead atoms. The quantitative estimate of drug-likeness (QED) is 0.853. The van der Waals surface area contributed by atoms with Gasteiger partial charge < -0.3 is 4.90 Å². The van der Waals surface area contributed by atoms with Gasteiger partial charge in [0.2, 0.25) is 0 Å². The molecule has 2 aliphatic rings. The first-order valence-electron chi connectivity index (χ1n) is 6.60. The van der Waals surface area contributed by atoms with E-state index in [-0.39, 0.29) is 12.5 Å². The van der Waals surface area contributed by atoms with E-state index >= 15 is 0 Å². The van der Waals surface area contributed by atoms with Crippen molar-refractivity contribution in [1.29, 1.82) is 0 Å². The van der Waals surface area contributed by atoms with Gasteiger partial charge >= 0.3 is 6.03 Å². The molecule has 1 spiro atoms. The van der Waals surface area contributed by atoms with Crippen LogP contribution < -0.4 is 5.32 Å². The smallest absolute Gasteiger partial charge is 0.305 e. The zero-order chi connectivity index (χ0) is 14.3. The lowest BCUT2D eigenvalue weighted by Crippen LogP contribution is -2.46. The average molecular weight is 297 g/mol. The highest BCUT2D eigenvalue weighted by atomic mass is 35.5. The number of carbonyl (C=O) groups is 2. The maximum atomic E-state index is 13.8. The third-order valence-electron chi connectivity index (χ3n) is 4.17. The van der Waals surface area contributed by atoms with Crippen LogP contribution in [0.1, 0.15) is 31.2 Å². The van der Waals surface area contributed by atoms with E-state index in [0.29, 0.717) is 23.4 Å². The monoisotopic (exact) mass is 296 g/mol. The molecule has 0 aromatic heterocycles. The molecule has 0 unspecified atom stereocenters. The molecule has 0 radical (unpaired) electrons. The summed E-state index contributed by atoms with van der Waals surface area (Å²) in [5.74, 6) is -0.683. The van der Waals surface area contributed by atoms with E-state index < -0.39 is 17.4 Å². The Morgan fingerprint density at radius 1 is 1.30 bits per heavy atom. The van der Waals surface area contributed by atoms with E-state index in [0.717, 1.165) is 12.8 Å². The van der Waals surface area contributed by atoms with E-state index in [4.69, 9.17) is 11.6 Å². The second-order valence-corrected chi connectivity index (χ2v) is 5.76. The second-order valence-electron chi connectivity index (χ2n) is 5.32. The zero-order valence-electron chi connectivity index (χ0n) is 10.8. The van der Waals surface area contributed by atoms with Crippen LogP contribution in [-0.2, 0) is 11.3 Å². The molecular weight excluding hydrogens is 283 g/mol. The van der Waals surface area contributed by atoms with E-state index in [2.05, 4.69) is 5.32 Å². The minimum Gasteiger partial charge on any atom is -0.305 e. The highest BCUT2D eigenvalue weighted by Crippen LogP contribution is 2.39. The van der Waals surface area contributed by atoms with Gasteiger partial charge in [0.05, 0.1) is 6.54 Å². The number of imide groups is 1. The van der Waals surface area contributed by atoms with Crippen LogP contribution in [0.3, 0.4) is 0 Å². The Morgan fingerprint density at radius 3 is 2.70 bits per heavy atom. The number of hydrogen-bond acceptors (Lipinski definition) is 2. The summed E-state index contributed by atoms with van der Waals surface area (Å²) in [5, 5.41) is 2.76. The third kappa shape index (κ3) is 1.97. The first-order valence-corrected chi connectivity index (χ1v) is 6.98. The Kier molecular flexibility index (Phi) is 3.17. The van der Waals surface area contributed by atoms with Gasteiger partial charge in [-0.1, -0.05) is 24.4 Å². The van der Waals surface area contributed by atoms with Crippen LogP contribution in [0.25, 0.3) is 0 Å². The van der Waals surface area contributed by atoms with Gasteiger partial charge in [-0.15, -0.1) is 0 Å². The molecule has 2 fully saturated rings. The summed E-state index contributed by atoms with van der Waals surface area (Å²) >= 11 is 5.87. The molecule has 1 aliphatic carbocycles. The van der Waals surface area contributed by atoms with Gasteiger partial charge in [0, 0.05) is 10.6 Å². The predicted molar refractivity (Wildman–Crippen MR) is 71.7 cm³/mol. The van der Waals surface area contributed by atoms with Gasteiger partial charge in [0.1, 0.15) is 11.4 Å². The maximum absolute atomic E-state index is 13.8. The van der Waals surface area contributed by atoms with Gasteiger partial charge in [-0.05, 0) is 31.0 Å². The lowest BCUT2D eigenvalue weighted by molar-refractivity contribution is -0.126. The molecule has 106 valence electrons. The molecule has 1 aromatic carbocycles. The van der Waals surface area contributed by atoms with Gasteiger partial charge in [-0.2, -0.15) is 0 Å². The first-order chi connectivity index (χ1) is 9.53. The highest BCUT2D eigenvalue weighted by molar-refractivity contribution is 6.30. The normalized spacial score (nSPS) is 20.8. The molecule has 4 nitrogen and oxygen atoms in total. The molecule has 1 heterocycles. The van der Waals surface area contributed by atoms with Crippen molar-refractivity contribution in [2.45, 2.75) is 37.8 Å². The lowest BCUT2D eigenvalue weighted by Gasteiger charge is -2.31. The first kappa shape index (κ1) is 13.4. The highest BCUT2D eigenvalue weighted by Gasteiger charge is 2.54. The number of nitrogens with zero attached hydrogens (tertiary/aromatic N) is 1. The number of urea groups is 1. The molecular formula is C14H14ClFN2O2. The Labute approximate surface area is 120 Å². The topological polar surface area (TPSA) is 49.4 Å². The van der Waals surface area contributed by atoms with Crippen LogP contribution in [0.4, 0.5) is 9.18 Å². The predicted octanol–water partition coefficient (Wildman–Crippen LogP) is 2.84. The number of carbonyl (C=O) groups excluding carboxylic acids is 2. The largest absolute Gasteiger partial charge is 0.325 e. The van der Waals surface area contributed by atoms with Gasteiger partial charge in [-0.3, -0.25) is 10.1 Å². The standard InChI is InChI=1S/C14H14ClFN2O2/c15-10-3-4-11(16)9(7-10)8-18-13(20)17-12(19)14(18)5-1-2-6-14/h3-4,7H,1-2,5-6,8H2,(H,17,19,20). The summed E-state index contributed by atoms with van der Waals surface area (Å²) in [4.78, 5) is 25.5. The number of halogens is 2. The number of amides is 3. The van der Waals surface area contributed by atoms with Crippen molar-refractivity contribution in [1.82, 2.24) is 10.2 Å². The Balaban J connectivity index is 1.94. The SMILES string of the molecule is O=C1NC(=O)C2(CCCC2)N1Cc1cc(Cl)ccc1F. The van der Waals surface area contributed by atoms with Crippen LogP contribution >= 0.6 is 11.6 Å². The zero-order valence-corrected chi connectivity index (χ0v) is 11.5. The number of benzene rings is 1. The Hall–Kier alpha value is -1.62. The van der Waals surface area contributed by atoms with E-state index in [9.17, 15) is 14.0 Å². The molecule has 1 saturated heterocycles. The van der Waals surface area contributed by atoms with Crippen molar-refractivity contribution in [2.75, 3.05) is 0 Å².